The van der Waals surface area contributed by atoms with Crippen molar-refractivity contribution in [1.29, 1.82) is 0 Å². The molecule has 0 unspecified atom stereocenters. The minimum absolute atomic E-state index is 0.0448. The van der Waals surface area contributed by atoms with E-state index in [0.717, 1.165) is 6.07 Å². The Labute approximate surface area is 97.0 Å². The van der Waals surface area contributed by atoms with E-state index in [-0.39, 0.29) is 11.3 Å². The number of thiophene rings is 1. The Bertz CT molecular complexity index is 572. The Hall–Kier alpha value is -1.42. The van der Waals surface area contributed by atoms with E-state index in [1.54, 1.807) is 0 Å². The van der Waals surface area contributed by atoms with Gasteiger partial charge in [-0.25, -0.2) is 8.42 Å². The van der Waals surface area contributed by atoms with E-state index in [2.05, 4.69) is 5.73 Å². The number of hydrogen-bond acceptors (Lipinski definition) is 5. The largest absolute Gasteiger partial charge is 0.455 e. The Kier molecular flexibility index (Phi) is 3.30. The Morgan fingerprint density at radius 1 is 1.24 bits per heavy atom. The zero-order chi connectivity index (χ0) is 13.4. The summed E-state index contributed by atoms with van der Waals surface area (Å²) in [6, 6.07) is 1.40. The van der Waals surface area contributed by atoms with Crippen LogP contribution in [0.4, 0.5) is 18.0 Å². The minimum Gasteiger partial charge on any atom is -0.356 e. The van der Waals surface area contributed by atoms with E-state index >= 15 is 0 Å². The fourth-order valence-electron chi connectivity index (χ4n) is 0.825. The number of hydrogen-bond donors (Lipinski definition) is 1. The molecule has 1 aromatic heterocycles. The highest BCUT2D eigenvalue weighted by Gasteiger charge is 2.40. The molecule has 1 amide bonds. The molecule has 1 rings (SSSR count). The van der Waals surface area contributed by atoms with Gasteiger partial charge >= 0.3 is 11.4 Å². The number of carbonyl (C=O) groups is 2. The molecule has 0 aliphatic carbocycles. The first-order chi connectivity index (χ1) is 7.56. The molecule has 0 fully saturated rings. The topological polar surface area (TPSA) is 94.3 Å². The van der Waals surface area contributed by atoms with Crippen LogP contribution in [0, 0.1) is 0 Å². The molecule has 0 aromatic carbocycles. The lowest BCUT2D eigenvalue weighted by molar-refractivity contribution is -0.0882. The Morgan fingerprint density at radius 2 is 1.76 bits per heavy atom. The zero-order valence-electron chi connectivity index (χ0n) is 7.82. The standard InChI is InChI=1S/C7H4F3NO4S2/c8-7(9,10)5(12)3-1-2-4(16-3)17(14,15)6(11)13/h1-2H,(H2,11,13). The molecule has 17 heavy (non-hydrogen) atoms. The number of ketones is 1. The summed E-state index contributed by atoms with van der Waals surface area (Å²) in [7, 11) is -4.50. The van der Waals surface area contributed by atoms with Crippen molar-refractivity contribution < 1.29 is 31.2 Å². The summed E-state index contributed by atoms with van der Waals surface area (Å²) in [6.07, 6.45) is -5.10. The van der Waals surface area contributed by atoms with Crippen LogP contribution in [0.3, 0.4) is 0 Å². The molecule has 0 spiro atoms. The van der Waals surface area contributed by atoms with Crippen molar-refractivity contribution in [1.82, 2.24) is 0 Å². The maximum atomic E-state index is 12.0. The number of carbonyl (C=O) groups excluding carboxylic acids is 2. The van der Waals surface area contributed by atoms with E-state index in [9.17, 15) is 31.2 Å². The number of rotatable bonds is 2. The molecule has 0 radical (unpaired) electrons. The molecule has 0 aliphatic rings. The molecule has 0 aliphatic heterocycles. The monoisotopic (exact) mass is 287 g/mol. The highest BCUT2D eigenvalue weighted by atomic mass is 32.2. The van der Waals surface area contributed by atoms with Gasteiger partial charge in [0.1, 0.15) is 4.21 Å². The first kappa shape index (κ1) is 13.6. The summed E-state index contributed by atoms with van der Waals surface area (Å²) < 4.78 is 57.7. The molecular weight excluding hydrogens is 283 g/mol. The molecule has 0 saturated heterocycles. The second kappa shape index (κ2) is 4.11. The fourth-order valence-corrected chi connectivity index (χ4v) is 2.92. The lowest BCUT2D eigenvalue weighted by Gasteiger charge is -2.01. The third-order valence-corrected chi connectivity index (χ3v) is 4.57. The quantitative estimate of drug-likeness (QED) is 0.830. The molecule has 10 heteroatoms. The summed E-state index contributed by atoms with van der Waals surface area (Å²) >= 11 is 0.0448. The highest BCUT2D eigenvalue weighted by molar-refractivity contribution is 8.07. The number of amides is 1. The smallest absolute Gasteiger partial charge is 0.356 e. The van der Waals surface area contributed by atoms with Crippen LogP contribution in [0.5, 0.6) is 0 Å². The molecule has 1 aromatic rings. The van der Waals surface area contributed by atoms with Gasteiger partial charge in [0.15, 0.2) is 0 Å². The van der Waals surface area contributed by atoms with Gasteiger partial charge in [-0.15, -0.1) is 11.3 Å². The number of primary amides is 1. The van der Waals surface area contributed by atoms with Crippen molar-refractivity contribution in [3.8, 4) is 0 Å². The van der Waals surface area contributed by atoms with E-state index in [1.807, 2.05) is 0 Å². The zero-order valence-corrected chi connectivity index (χ0v) is 9.45. The van der Waals surface area contributed by atoms with Crippen LogP contribution < -0.4 is 5.73 Å². The van der Waals surface area contributed by atoms with Crippen molar-refractivity contribution in [2.24, 2.45) is 5.73 Å². The molecular formula is C7H4F3NO4S2. The maximum absolute atomic E-state index is 12.0. The number of sulfone groups is 1. The van der Waals surface area contributed by atoms with Crippen LogP contribution in [0.1, 0.15) is 9.67 Å². The van der Waals surface area contributed by atoms with Crippen LogP contribution in [-0.4, -0.2) is 25.6 Å². The molecule has 0 saturated carbocycles. The van der Waals surface area contributed by atoms with Gasteiger partial charge in [-0.2, -0.15) is 13.2 Å². The minimum atomic E-state index is -5.10. The van der Waals surface area contributed by atoms with E-state index in [0.29, 0.717) is 6.07 Å². The lowest BCUT2D eigenvalue weighted by Crippen LogP contribution is -2.22. The van der Waals surface area contributed by atoms with Crippen molar-refractivity contribution in [2.45, 2.75) is 10.4 Å². The van der Waals surface area contributed by atoms with E-state index < -0.39 is 36.1 Å². The van der Waals surface area contributed by atoms with Gasteiger partial charge in [-0.3, -0.25) is 9.59 Å². The normalized spacial score (nSPS) is 12.4. The maximum Gasteiger partial charge on any atom is 0.455 e. The predicted octanol–water partition coefficient (Wildman–Crippen LogP) is 1.35. The molecule has 1 heterocycles. The lowest BCUT2D eigenvalue weighted by atomic mass is 10.3. The van der Waals surface area contributed by atoms with Gasteiger partial charge in [0, 0.05) is 0 Å². The SMILES string of the molecule is NC(=O)S(=O)(=O)c1ccc(C(=O)C(F)(F)F)s1. The highest BCUT2D eigenvalue weighted by Crippen LogP contribution is 2.28. The summed E-state index contributed by atoms with van der Waals surface area (Å²) in [4.78, 5) is 20.5. The molecule has 2 N–H and O–H groups in total. The summed E-state index contributed by atoms with van der Waals surface area (Å²) in [5.74, 6) is -2.17. The van der Waals surface area contributed by atoms with Crippen LogP contribution in [-0.2, 0) is 9.84 Å². The first-order valence-electron chi connectivity index (χ1n) is 3.82. The van der Waals surface area contributed by atoms with Gasteiger partial charge in [-0.05, 0) is 12.1 Å². The summed E-state index contributed by atoms with van der Waals surface area (Å²) in [6.45, 7) is 0. The number of halogens is 3. The van der Waals surface area contributed by atoms with Gasteiger partial charge in [0.2, 0.25) is 0 Å². The van der Waals surface area contributed by atoms with Crippen LogP contribution >= 0.6 is 11.3 Å². The number of Topliss-reactive ketones (excluding diaryl/α,β-unsaturated/α-hetero) is 1. The molecule has 0 atom stereocenters. The van der Waals surface area contributed by atoms with E-state index in [1.165, 1.54) is 0 Å². The van der Waals surface area contributed by atoms with Crippen molar-refractivity contribution in [3.63, 3.8) is 0 Å². The van der Waals surface area contributed by atoms with Crippen molar-refractivity contribution >= 4 is 32.2 Å². The predicted molar refractivity (Wildman–Crippen MR) is 51.5 cm³/mol. The average molecular weight is 287 g/mol. The first-order valence-corrected chi connectivity index (χ1v) is 6.12. The molecule has 5 nitrogen and oxygen atoms in total. The summed E-state index contributed by atoms with van der Waals surface area (Å²) in [5.41, 5.74) is 4.55. The van der Waals surface area contributed by atoms with Crippen molar-refractivity contribution in [2.75, 3.05) is 0 Å². The van der Waals surface area contributed by atoms with Crippen molar-refractivity contribution in [3.05, 3.63) is 17.0 Å². The van der Waals surface area contributed by atoms with Crippen LogP contribution in [0.25, 0.3) is 0 Å². The Balaban J connectivity index is 3.19. The molecule has 94 valence electrons. The number of nitrogens with two attached hydrogens (primary N) is 1. The van der Waals surface area contributed by atoms with E-state index in [4.69, 9.17) is 0 Å². The Morgan fingerprint density at radius 3 is 2.18 bits per heavy atom. The molecule has 0 bridgehead atoms. The second-order valence-electron chi connectivity index (χ2n) is 2.77. The average Bonchev–Trinajstić information content (AvgIpc) is 2.63. The third kappa shape index (κ3) is 2.64. The second-order valence-corrected chi connectivity index (χ2v) is 5.96. The van der Waals surface area contributed by atoms with Gasteiger partial charge in [-0.1, -0.05) is 0 Å². The van der Waals surface area contributed by atoms with Crippen LogP contribution in [0.15, 0.2) is 16.3 Å². The van der Waals surface area contributed by atoms with Gasteiger partial charge in [0.05, 0.1) is 4.88 Å². The number of alkyl halides is 3. The summed E-state index contributed by atoms with van der Waals surface area (Å²) in [5, 5.41) is -1.69. The van der Waals surface area contributed by atoms with Crippen LogP contribution in [0.2, 0.25) is 0 Å². The van der Waals surface area contributed by atoms with Gasteiger partial charge in [0.25, 0.3) is 15.6 Å². The van der Waals surface area contributed by atoms with Gasteiger partial charge < -0.3 is 5.73 Å². The third-order valence-electron chi connectivity index (χ3n) is 1.59. The fraction of sp³-hybridized carbons (Fsp3) is 0.143.